The Morgan fingerprint density at radius 3 is 2.81 bits per heavy atom. The molecule has 2 aromatic heterocycles. The Kier molecular flexibility index (Phi) is 4.92. The molecule has 3 N–H and O–H groups in total. The number of nitrogens with zero attached hydrogens (tertiary/aromatic N) is 5. The van der Waals surface area contributed by atoms with Gasteiger partial charge in [0.2, 0.25) is 0 Å². The van der Waals surface area contributed by atoms with E-state index in [9.17, 15) is 8.76 Å². The van der Waals surface area contributed by atoms with Crippen LogP contribution in [0.4, 0.5) is 5.82 Å². The highest BCUT2D eigenvalue weighted by Gasteiger charge is 2.20. The van der Waals surface area contributed by atoms with Gasteiger partial charge >= 0.3 is 0 Å². The summed E-state index contributed by atoms with van der Waals surface area (Å²) in [5.41, 5.74) is 3.16. The Bertz CT molecular complexity index is 1010. The quantitative estimate of drug-likeness (QED) is 0.306. The molecule has 3 heterocycles. The first kappa shape index (κ1) is 17.7. The lowest BCUT2D eigenvalue weighted by atomic mass is 9.96. The molecule has 3 aromatic rings. The molecule has 1 aromatic carbocycles. The largest absolute Gasteiger partial charge is 0.768 e. The lowest BCUT2D eigenvalue weighted by Gasteiger charge is -2.22. The Hall–Kier alpha value is -2.69. The number of fused-ring (bicyclic) bond motifs is 1. The smallest absolute Gasteiger partial charge is 0.181 e. The SMILES string of the molecule is NN=Nc1cc(C2CCCNC2)nc2c(-c3ccc(S(=O)[O-])cc3)cnn12. The number of hydrogen-bond donors (Lipinski definition) is 2. The van der Waals surface area contributed by atoms with Gasteiger partial charge in [-0.25, -0.2) is 4.98 Å². The van der Waals surface area contributed by atoms with E-state index in [0.717, 1.165) is 42.8 Å². The fourth-order valence-electron chi connectivity index (χ4n) is 3.36. The van der Waals surface area contributed by atoms with E-state index in [2.05, 4.69) is 20.8 Å². The van der Waals surface area contributed by atoms with Gasteiger partial charge in [0.25, 0.3) is 0 Å². The van der Waals surface area contributed by atoms with Crippen LogP contribution in [0.15, 0.2) is 51.8 Å². The maximum Gasteiger partial charge on any atom is 0.181 e. The maximum absolute atomic E-state index is 11.1. The molecule has 140 valence electrons. The molecule has 2 atom stereocenters. The predicted molar refractivity (Wildman–Crippen MR) is 99.2 cm³/mol. The molecular weight excluding hydrogens is 366 g/mol. The lowest BCUT2D eigenvalue weighted by Crippen LogP contribution is -2.28. The number of nitrogens with one attached hydrogen (secondary N) is 1. The highest BCUT2D eigenvalue weighted by atomic mass is 32.2. The van der Waals surface area contributed by atoms with Gasteiger partial charge in [-0.2, -0.15) is 9.61 Å². The Morgan fingerprint density at radius 2 is 2.15 bits per heavy atom. The van der Waals surface area contributed by atoms with Gasteiger partial charge in [0.1, 0.15) is 0 Å². The number of nitrogens with two attached hydrogens (primary N) is 1. The monoisotopic (exact) mass is 384 g/mol. The summed E-state index contributed by atoms with van der Waals surface area (Å²) in [4.78, 5) is 5.06. The van der Waals surface area contributed by atoms with Gasteiger partial charge in [0, 0.05) is 29.0 Å². The molecule has 0 spiro atoms. The van der Waals surface area contributed by atoms with Crippen molar-refractivity contribution in [3.63, 3.8) is 0 Å². The van der Waals surface area contributed by atoms with Gasteiger partial charge < -0.3 is 15.7 Å². The number of rotatable bonds is 4. The Labute approximate surface area is 158 Å². The highest BCUT2D eigenvalue weighted by Crippen LogP contribution is 2.31. The minimum Gasteiger partial charge on any atom is -0.768 e. The molecule has 0 amide bonds. The van der Waals surface area contributed by atoms with Crippen LogP contribution >= 0.6 is 0 Å². The average molecular weight is 384 g/mol. The van der Waals surface area contributed by atoms with Crippen LogP contribution in [0, 0.1) is 0 Å². The zero-order chi connectivity index (χ0) is 18.8. The summed E-state index contributed by atoms with van der Waals surface area (Å²) in [5, 5.41) is 15.2. The summed E-state index contributed by atoms with van der Waals surface area (Å²) in [5.74, 6) is 6.06. The van der Waals surface area contributed by atoms with Gasteiger partial charge in [-0.15, -0.1) is 5.11 Å². The maximum atomic E-state index is 11.1. The van der Waals surface area contributed by atoms with E-state index in [1.54, 1.807) is 35.0 Å². The molecule has 0 saturated carbocycles. The van der Waals surface area contributed by atoms with Gasteiger partial charge in [0.05, 0.1) is 11.9 Å². The molecule has 1 aliphatic rings. The Balaban J connectivity index is 1.84. The third-order valence-electron chi connectivity index (χ3n) is 4.71. The molecule has 0 bridgehead atoms. The van der Waals surface area contributed by atoms with E-state index in [-0.39, 0.29) is 10.8 Å². The van der Waals surface area contributed by atoms with Crippen molar-refractivity contribution in [1.82, 2.24) is 19.9 Å². The summed E-state index contributed by atoms with van der Waals surface area (Å²) in [6.45, 7) is 1.87. The van der Waals surface area contributed by atoms with Crippen LogP contribution in [-0.4, -0.2) is 36.4 Å². The van der Waals surface area contributed by atoms with E-state index in [4.69, 9.17) is 10.8 Å². The molecule has 1 aliphatic heterocycles. The minimum atomic E-state index is -2.26. The van der Waals surface area contributed by atoms with Crippen molar-refractivity contribution in [1.29, 1.82) is 0 Å². The molecule has 0 radical (unpaired) electrons. The van der Waals surface area contributed by atoms with E-state index >= 15 is 0 Å². The molecule has 2 unspecified atom stereocenters. The standard InChI is InChI=1S/C17H19N7O2S/c18-23-22-16-8-15(12-2-1-7-19-9-12)21-17-14(10-20-24(16)17)11-3-5-13(6-4-11)27(25)26/h3-6,8,10,12,19H,1-2,7,9H2,(H2,18,22)(H,25,26)/p-1. The van der Waals surface area contributed by atoms with Gasteiger partial charge in [0.15, 0.2) is 11.5 Å². The van der Waals surface area contributed by atoms with Crippen molar-refractivity contribution in [2.24, 2.45) is 16.2 Å². The van der Waals surface area contributed by atoms with Crippen molar-refractivity contribution >= 4 is 22.5 Å². The second kappa shape index (κ2) is 7.51. The fraction of sp³-hybridized carbons (Fsp3) is 0.294. The Morgan fingerprint density at radius 1 is 1.33 bits per heavy atom. The minimum absolute atomic E-state index is 0.231. The first-order valence-electron chi connectivity index (χ1n) is 8.57. The second-order valence-corrected chi connectivity index (χ2v) is 7.29. The molecular formula is C17H18N7O2S-. The van der Waals surface area contributed by atoms with E-state index in [1.165, 1.54) is 0 Å². The van der Waals surface area contributed by atoms with Gasteiger partial charge in [-0.3, -0.25) is 4.21 Å². The fourth-order valence-corrected chi connectivity index (χ4v) is 3.72. The first-order chi connectivity index (χ1) is 13.2. The summed E-state index contributed by atoms with van der Waals surface area (Å²) in [7, 11) is 0. The number of piperidine rings is 1. The average Bonchev–Trinajstić information content (AvgIpc) is 3.13. The molecule has 9 nitrogen and oxygen atoms in total. The lowest BCUT2D eigenvalue weighted by molar-refractivity contribution is 0.455. The van der Waals surface area contributed by atoms with Gasteiger partial charge in [-0.05, 0) is 48.2 Å². The van der Waals surface area contributed by atoms with E-state index in [1.807, 2.05) is 6.07 Å². The first-order valence-corrected chi connectivity index (χ1v) is 9.65. The van der Waals surface area contributed by atoms with Crippen molar-refractivity contribution in [3.8, 4) is 11.1 Å². The molecule has 1 fully saturated rings. The van der Waals surface area contributed by atoms with Crippen LogP contribution in [0.3, 0.4) is 0 Å². The van der Waals surface area contributed by atoms with Crippen LogP contribution in [0.2, 0.25) is 0 Å². The number of benzene rings is 1. The summed E-state index contributed by atoms with van der Waals surface area (Å²) < 4.78 is 23.7. The predicted octanol–water partition coefficient (Wildman–Crippen LogP) is 2.06. The van der Waals surface area contributed by atoms with Crippen LogP contribution < -0.4 is 11.2 Å². The molecule has 0 aliphatic carbocycles. The molecule has 1 saturated heterocycles. The van der Waals surface area contributed by atoms with Crippen LogP contribution in [0.5, 0.6) is 0 Å². The van der Waals surface area contributed by atoms with Crippen LogP contribution in [0.1, 0.15) is 24.5 Å². The summed E-state index contributed by atoms with van der Waals surface area (Å²) in [6.07, 6.45) is 3.82. The normalized spacial score (nSPS) is 18.9. The third kappa shape index (κ3) is 3.46. The summed E-state index contributed by atoms with van der Waals surface area (Å²) >= 11 is -2.26. The molecule has 27 heavy (non-hydrogen) atoms. The molecule has 10 heteroatoms. The van der Waals surface area contributed by atoms with E-state index in [0.29, 0.717) is 11.5 Å². The number of hydrogen-bond acceptors (Lipinski definition) is 7. The van der Waals surface area contributed by atoms with E-state index < -0.39 is 11.1 Å². The zero-order valence-corrected chi connectivity index (χ0v) is 15.2. The molecule has 4 rings (SSSR count). The third-order valence-corrected chi connectivity index (χ3v) is 5.36. The van der Waals surface area contributed by atoms with Gasteiger partial charge in [-0.1, -0.05) is 17.4 Å². The number of aromatic nitrogens is 3. The zero-order valence-electron chi connectivity index (χ0n) is 14.4. The van der Waals surface area contributed by atoms with Crippen molar-refractivity contribution < 1.29 is 8.76 Å². The van der Waals surface area contributed by atoms with Crippen LogP contribution in [0.25, 0.3) is 16.8 Å². The highest BCUT2D eigenvalue weighted by molar-refractivity contribution is 7.79. The van der Waals surface area contributed by atoms with Crippen molar-refractivity contribution in [2.75, 3.05) is 13.1 Å². The van der Waals surface area contributed by atoms with Crippen LogP contribution in [-0.2, 0) is 11.1 Å². The second-order valence-electron chi connectivity index (χ2n) is 6.35. The van der Waals surface area contributed by atoms with Crippen molar-refractivity contribution in [2.45, 2.75) is 23.7 Å². The topological polar surface area (TPSA) is 133 Å². The summed E-state index contributed by atoms with van der Waals surface area (Å²) in [6, 6.07) is 8.45. The van der Waals surface area contributed by atoms with Crippen molar-refractivity contribution in [3.05, 3.63) is 42.2 Å².